The van der Waals surface area contributed by atoms with Crippen molar-refractivity contribution in [3.05, 3.63) is 69.8 Å². The molecule has 0 fully saturated rings. The van der Waals surface area contributed by atoms with E-state index in [1.807, 2.05) is 32.0 Å². The van der Waals surface area contributed by atoms with E-state index < -0.39 is 0 Å². The van der Waals surface area contributed by atoms with Gasteiger partial charge in [0.25, 0.3) is 0 Å². The molecule has 7 heteroatoms. The third kappa shape index (κ3) is 3.26. The van der Waals surface area contributed by atoms with Gasteiger partial charge in [-0.3, -0.25) is 4.98 Å². The normalized spacial score (nSPS) is 11.2. The molecule has 0 N–H and O–H groups in total. The molecule has 0 unspecified atom stereocenters. The highest BCUT2D eigenvalue weighted by atomic mass is 79.9. The number of hydrogen-bond donors (Lipinski definition) is 0. The molecule has 5 nitrogen and oxygen atoms in total. The predicted molar refractivity (Wildman–Crippen MR) is 110 cm³/mol. The molecular weight excluding hydrogens is 423 g/mol. The summed E-state index contributed by atoms with van der Waals surface area (Å²) in [5.41, 5.74) is 5.21. The van der Waals surface area contributed by atoms with Crippen LogP contribution in [-0.2, 0) is 6.54 Å². The van der Waals surface area contributed by atoms with Gasteiger partial charge in [-0.05, 0) is 43.2 Å². The zero-order valence-electron chi connectivity index (χ0n) is 15.7. The molecule has 0 aliphatic heterocycles. The van der Waals surface area contributed by atoms with Gasteiger partial charge in [-0.25, -0.2) is 4.39 Å². The minimum atomic E-state index is -0.378. The molecule has 142 valence electrons. The molecule has 0 amide bonds. The Labute approximate surface area is 170 Å². The van der Waals surface area contributed by atoms with Gasteiger partial charge >= 0.3 is 6.01 Å². The Kier molecular flexibility index (Phi) is 4.85. The molecule has 1 aromatic carbocycles. The van der Waals surface area contributed by atoms with E-state index in [-0.39, 0.29) is 5.82 Å². The molecule has 0 spiro atoms. The molecular formula is C21H18BrFN4O. The topological polar surface area (TPSA) is 52.8 Å². The van der Waals surface area contributed by atoms with Crippen molar-refractivity contribution in [3.8, 4) is 17.3 Å². The predicted octanol–water partition coefficient (Wildman–Crippen LogP) is 5.07. The number of pyridine rings is 1. The first-order valence-corrected chi connectivity index (χ1v) is 9.54. The summed E-state index contributed by atoms with van der Waals surface area (Å²) in [5, 5.41) is 0.940. The maximum Gasteiger partial charge on any atom is 0.318 e. The van der Waals surface area contributed by atoms with Crippen LogP contribution in [0.3, 0.4) is 0 Å². The second-order valence-corrected chi connectivity index (χ2v) is 7.49. The largest absolute Gasteiger partial charge is 0.467 e. The fourth-order valence-electron chi connectivity index (χ4n) is 3.57. The first kappa shape index (κ1) is 18.6. The highest BCUT2D eigenvalue weighted by molar-refractivity contribution is 9.10. The Bertz CT molecular complexity index is 1190. The van der Waals surface area contributed by atoms with Gasteiger partial charge in [-0.1, -0.05) is 28.1 Å². The van der Waals surface area contributed by atoms with E-state index in [4.69, 9.17) is 4.74 Å². The van der Waals surface area contributed by atoms with Crippen LogP contribution in [0.25, 0.3) is 22.3 Å². The third-order valence-electron chi connectivity index (χ3n) is 4.70. The van der Waals surface area contributed by atoms with Crippen molar-refractivity contribution in [2.24, 2.45) is 0 Å². The number of benzene rings is 1. The van der Waals surface area contributed by atoms with Gasteiger partial charge in [-0.15, -0.1) is 0 Å². The number of halogens is 2. The molecule has 3 aromatic heterocycles. The number of fused-ring (bicyclic) bond motifs is 1. The maximum atomic E-state index is 13.9. The average molecular weight is 441 g/mol. The summed E-state index contributed by atoms with van der Waals surface area (Å²) in [6.07, 6.45) is 2.87. The van der Waals surface area contributed by atoms with Gasteiger partial charge in [0.1, 0.15) is 11.5 Å². The fourth-order valence-corrected chi connectivity index (χ4v) is 4.02. The standard InChI is InChI=1S/C21H18BrFN4O/c1-12-18-13(2)25-21(28-3)26-20(18)27(11-14-5-4-6-16(22)7-14)19(12)15-8-17(23)10-24-9-15/h4-10H,11H2,1-3H3. The lowest BCUT2D eigenvalue weighted by Gasteiger charge is -2.12. The zero-order valence-corrected chi connectivity index (χ0v) is 17.3. The average Bonchev–Trinajstić information content (AvgIpc) is 2.94. The summed E-state index contributed by atoms with van der Waals surface area (Å²) in [4.78, 5) is 13.1. The van der Waals surface area contributed by atoms with Crippen LogP contribution in [0.2, 0.25) is 0 Å². The van der Waals surface area contributed by atoms with E-state index in [9.17, 15) is 4.39 Å². The number of methoxy groups -OCH3 is 1. The molecule has 3 heterocycles. The number of hydrogen-bond acceptors (Lipinski definition) is 4. The Hall–Kier alpha value is -2.80. The lowest BCUT2D eigenvalue weighted by molar-refractivity contribution is 0.380. The molecule has 0 atom stereocenters. The Morgan fingerprint density at radius 3 is 2.68 bits per heavy atom. The van der Waals surface area contributed by atoms with Crippen molar-refractivity contribution in [1.29, 1.82) is 0 Å². The number of nitrogens with zero attached hydrogens (tertiary/aromatic N) is 4. The number of aryl methyl sites for hydroxylation is 2. The minimum Gasteiger partial charge on any atom is -0.467 e. The van der Waals surface area contributed by atoms with Crippen molar-refractivity contribution in [2.45, 2.75) is 20.4 Å². The molecule has 0 aliphatic carbocycles. The molecule has 4 rings (SSSR count). The molecule has 0 radical (unpaired) electrons. The monoisotopic (exact) mass is 440 g/mol. The Morgan fingerprint density at radius 1 is 1.14 bits per heavy atom. The Morgan fingerprint density at radius 2 is 1.96 bits per heavy atom. The molecule has 0 aliphatic rings. The maximum absolute atomic E-state index is 13.9. The van der Waals surface area contributed by atoms with Gasteiger partial charge in [-0.2, -0.15) is 9.97 Å². The van der Waals surface area contributed by atoms with Crippen molar-refractivity contribution in [2.75, 3.05) is 7.11 Å². The minimum absolute atomic E-state index is 0.307. The van der Waals surface area contributed by atoms with E-state index in [1.54, 1.807) is 13.3 Å². The quantitative estimate of drug-likeness (QED) is 0.444. The van der Waals surface area contributed by atoms with E-state index in [0.717, 1.165) is 38.0 Å². The van der Waals surface area contributed by atoms with Crippen LogP contribution in [0, 0.1) is 19.7 Å². The summed E-state index contributed by atoms with van der Waals surface area (Å²) in [7, 11) is 1.55. The summed E-state index contributed by atoms with van der Waals surface area (Å²) in [5.74, 6) is -0.378. The fraction of sp³-hybridized carbons (Fsp3) is 0.190. The van der Waals surface area contributed by atoms with Crippen molar-refractivity contribution >= 4 is 27.0 Å². The van der Waals surface area contributed by atoms with Crippen molar-refractivity contribution in [3.63, 3.8) is 0 Å². The summed E-state index contributed by atoms with van der Waals surface area (Å²) in [6.45, 7) is 4.49. The van der Waals surface area contributed by atoms with E-state index in [2.05, 4.69) is 41.5 Å². The second kappa shape index (κ2) is 7.31. The summed E-state index contributed by atoms with van der Waals surface area (Å²) >= 11 is 3.52. The van der Waals surface area contributed by atoms with E-state index >= 15 is 0 Å². The van der Waals surface area contributed by atoms with Crippen LogP contribution in [0.1, 0.15) is 16.8 Å². The van der Waals surface area contributed by atoms with Crippen molar-refractivity contribution < 1.29 is 9.13 Å². The lowest BCUT2D eigenvalue weighted by Crippen LogP contribution is -2.05. The van der Waals surface area contributed by atoms with Crippen LogP contribution >= 0.6 is 15.9 Å². The van der Waals surface area contributed by atoms with Crippen LogP contribution in [0.5, 0.6) is 6.01 Å². The van der Waals surface area contributed by atoms with Gasteiger partial charge in [0.2, 0.25) is 0 Å². The zero-order chi connectivity index (χ0) is 19.8. The first-order valence-electron chi connectivity index (χ1n) is 8.74. The van der Waals surface area contributed by atoms with E-state index in [0.29, 0.717) is 18.1 Å². The Balaban J connectivity index is 2.03. The van der Waals surface area contributed by atoms with Gasteiger partial charge in [0.05, 0.1) is 24.7 Å². The molecule has 4 aromatic rings. The van der Waals surface area contributed by atoms with Crippen LogP contribution in [0.4, 0.5) is 4.39 Å². The third-order valence-corrected chi connectivity index (χ3v) is 5.19. The van der Waals surface area contributed by atoms with Crippen molar-refractivity contribution in [1.82, 2.24) is 19.5 Å². The summed E-state index contributed by atoms with van der Waals surface area (Å²) < 4.78 is 22.3. The van der Waals surface area contributed by atoms with E-state index in [1.165, 1.54) is 12.3 Å². The number of aromatic nitrogens is 4. The van der Waals surface area contributed by atoms with Gasteiger partial charge in [0.15, 0.2) is 0 Å². The number of ether oxygens (including phenoxy) is 1. The second-order valence-electron chi connectivity index (χ2n) is 6.58. The van der Waals surface area contributed by atoms with Crippen LogP contribution < -0.4 is 4.74 Å². The smallest absolute Gasteiger partial charge is 0.318 e. The number of rotatable bonds is 4. The SMILES string of the molecule is COc1nc(C)c2c(C)c(-c3cncc(F)c3)n(Cc3cccc(Br)c3)c2n1. The van der Waals surface area contributed by atoms with Gasteiger partial charge < -0.3 is 9.30 Å². The highest BCUT2D eigenvalue weighted by Gasteiger charge is 2.21. The van der Waals surface area contributed by atoms with Crippen LogP contribution in [0.15, 0.2) is 47.2 Å². The molecule has 0 bridgehead atoms. The highest BCUT2D eigenvalue weighted by Crippen LogP contribution is 2.35. The first-order chi connectivity index (χ1) is 13.5. The van der Waals surface area contributed by atoms with Gasteiger partial charge in [0, 0.05) is 28.2 Å². The summed E-state index contributed by atoms with van der Waals surface area (Å²) in [6, 6.07) is 9.87. The molecule has 0 saturated heterocycles. The lowest BCUT2D eigenvalue weighted by atomic mass is 10.1. The molecule has 28 heavy (non-hydrogen) atoms. The van der Waals surface area contributed by atoms with Crippen LogP contribution in [-0.4, -0.2) is 26.6 Å². The molecule has 0 saturated carbocycles.